The van der Waals surface area contributed by atoms with Crippen molar-refractivity contribution >= 4 is 27.8 Å². The molecule has 0 heterocycles. The highest BCUT2D eigenvalue weighted by atomic mass is 79.9. The number of carbonyl (C=O) groups excluding carboxylic acids is 1. The number of aliphatic carboxylic acids is 1. The van der Waals surface area contributed by atoms with Crippen LogP contribution in [-0.2, 0) is 4.79 Å². The first-order valence-electron chi connectivity index (χ1n) is 5.65. The van der Waals surface area contributed by atoms with E-state index in [9.17, 15) is 14.7 Å². The van der Waals surface area contributed by atoms with Gasteiger partial charge in [-0.05, 0) is 54.9 Å². The van der Waals surface area contributed by atoms with Crippen molar-refractivity contribution in [2.24, 2.45) is 0 Å². The lowest BCUT2D eigenvalue weighted by molar-refractivity contribution is -0.138. The zero-order valence-corrected chi connectivity index (χ0v) is 12.6. The molecule has 0 bridgehead atoms. The molecule has 1 aromatic carbocycles. The van der Waals surface area contributed by atoms with Crippen LogP contribution in [0.4, 0.5) is 0 Å². The molecule has 0 saturated carbocycles. The lowest BCUT2D eigenvalue weighted by Crippen LogP contribution is -2.48. The van der Waals surface area contributed by atoms with Gasteiger partial charge < -0.3 is 15.1 Å². The number of benzene rings is 1. The van der Waals surface area contributed by atoms with Gasteiger partial charge in [0, 0.05) is 11.1 Å². The first-order valence-corrected chi connectivity index (χ1v) is 6.44. The maximum atomic E-state index is 12.3. The Kier molecular flexibility index (Phi) is 4.57. The minimum Gasteiger partial charge on any atom is -0.507 e. The van der Waals surface area contributed by atoms with Crippen LogP contribution in [0.1, 0.15) is 31.1 Å². The molecule has 1 rings (SSSR count). The fourth-order valence-electron chi connectivity index (χ4n) is 1.55. The van der Waals surface area contributed by atoms with Crippen LogP contribution < -0.4 is 0 Å². The summed E-state index contributed by atoms with van der Waals surface area (Å²) >= 11 is 3.13. The van der Waals surface area contributed by atoms with E-state index < -0.39 is 17.4 Å². The van der Waals surface area contributed by atoms with Crippen molar-refractivity contribution in [1.82, 2.24) is 4.90 Å². The molecule has 0 aliphatic heterocycles. The van der Waals surface area contributed by atoms with E-state index in [2.05, 4.69) is 15.9 Å². The number of amides is 1. The SMILES string of the molecule is CC(C)(C)N(CC(=O)O)C(=O)c1ccc(Br)c(O)c1. The Hall–Kier alpha value is -1.56. The van der Waals surface area contributed by atoms with Gasteiger partial charge >= 0.3 is 5.97 Å². The fraction of sp³-hybridized carbons (Fsp3) is 0.385. The van der Waals surface area contributed by atoms with E-state index in [0.29, 0.717) is 4.47 Å². The molecular weight excluding hydrogens is 314 g/mol. The van der Waals surface area contributed by atoms with Crippen molar-refractivity contribution < 1.29 is 19.8 Å². The molecular formula is C13H16BrNO4. The standard InChI is InChI=1S/C13H16BrNO4/c1-13(2,3)15(7-11(17)18)12(19)8-4-5-9(14)10(16)6-8/h4-6,16H,7H2,1-3H3,(H,17,18). The van der Waals surface area contributed by atoms with Gasteiger partial charge in [0.1, 0.15) is 12.3 Å². The van der Waals surface area contributed by atoms with Crippen molar-refractivity contribution in [3.8, 4) is 5.75 Å². The summed E-state index contributed by atoms with van der Waals surface area (Å²) in [4.78, 5) is 24.4. The maximum Gasteiger partial charge on any atom is 0.323 e. The highest BCUT2D eigenvalue weighted by Crippen LogP contribution is 2.26. The zero-order valence-electron chi connectivity index (χ0n) is 11.0. The number of aromatic hydroxyl groups is 1. The van der Waals surface area contributed by atoms with E-state index in [1.54, 1.807) is 26.8 Å². The summed E-state index contributed by atoms with van der Waals surface area (Å²) in [6, 6.07) is 4.39. The van der Waals surface area contributed by atoms with Crippen LogP contribution in [0.5, 0.6) is 5.75 Å². The summed E-state index contributed by atoms with van der Waals surface area (Å²) in [5, 5.41) is 18.5. The monoisotopic (exact) mass is 329 g/mol. The average Bonchev–Trinajstić information content (AvgIpc) is 2.27. The van der Waals surface area contributed by atoms with Crippen LogP contribution in [0.3, 0.4) is 0 Å². The predicted molar refractivity (Wildman–Crippen MR) is 74.2 cm³/mol. The van der Waals surface area contributed by atoms with E-state index in [0.717, 1.165) is 0 Å². The van der Waals surface area contributed by atoms with Crippen LogP contribution >= 0.6 is 15.9 Å². The van der Waals surface area contributed by atoms with Crippen LogP contribution in [0.15, 0.2) is 22.7 Å². The Morgan fingerprint density at radius 3 is 2.32 bits per heavy atom. The predicted octanol–water partition coefficient (Wildman–Crippen LogP) is 2.48. The molecule has 5 nitrogen and oxygen atoms in total. The minimum absolute atomic E-state index is 0.0602. The van der Waals surface area contributed by atoms with Gasteiger partial charge in [-0.15, -0.1) is 0 Å². The van der Waals surface area contributed by atoms with Gasteiger partial charge in [-0.3, -0.25) is 9.59 Å². The van der Waals surface area contributed by atoms with Gasteiger partial charge in [-0.1, -0.05) is 0 Å². The highest BCUT2D eigenvalue weighted by molar-refractivity contribution is 9.10. The Morgan fingerprint density at radius 2 is 1.89 bits per heavy atom. The number of phenols is 1. The number of halogens is 1. The molecule has 0 aliphatic rings. The summed E-state index contributed by atoms with van der Waals surface area (Å²) in [6.07, 6.45) is 0. The highest BCUT2D eigenvalue weighted by Gasteiger charge is 2.29. The van der Waals surface area contributed by atoms with E-state index in [1.165, 1.54) is 17.0 Å². The van der Waals surface area contributed by atoms with Crippen LogP contribution in [0.25, 0.3) is 0 Å². The maximum absolute atomic E-state index is 12.3. The summed E-state index contributed by atoms with van der Waals surface area (Å²) < 4.78 is 0.476. The Labute approximate surface area is 120 Å². The molecule has 19 heavy (non-hydrogen) atoms. The Bertz CT molecular complexity index is 508. The Morgan fingerprint density at radius 1 is 1.32 bits per heavy atom. The minimum atomic E-state index is -1.08. The second-order valence-electron chi connectivity index (χ2n) is 5.12. The Balaban J connectivity index is 3.12. The summed E-state index contributed by atoms with van der Waals surface area (Å²) in [5.74, 6) is -1.57. The van der Waals surface area contributed by atoms with Crippen LogP contribution in [-0.4, -0.2) is 39.1 Å². The van der Waals surface area contributed by atoms with Crippen molar-refractivity contribution in [1.29, 1.82) is 0 Å². The molecule has 0 fully saturated rings. The largest absolute Gasteiger partial charge is 0.507 e. The molecule has 0 radical (unpaired) electrons. The molecule has 1 amide bonds. The number of nitrogens with zero attached hydrogens (tertiary/aromatic N) is 1. The number of carbonyl (C=O) groups is 2. The molecule has 0 aromatic heterocycles. The van der Waals surface area contributed by atoms with Gasteiger partial charge in [0.15, 0.2) is 0 Å². The number of carboxylic acids is 1. The molecule has 1 aromatic rings. The quantitative estimate of drug-likeness (QED) is 0.893. The fourth-order valence-corrected chi connectivity index (χ4v) is 1.80. The molecule has 0 unspecified atom stereocenters. The van der Waals surface area contributed by atoms with E-state index in [1.807, 2.05) is 0 Å². The second-order valence-corrected chi connectivity index (χ2v) is 5.98. The number of hydrogen-bond donors (Lipinski definition) is 2. The van der Waals surface area contributed by atoms with Gasteiger partial charge in [0.05, 0.1) is 4.47 Å². The smallest absolute Gasteiger partial charge is 0.323 e. The zero-order chi connectivity index (χ0) is 14.8. The molecule has 0 atom stereocenters. The summed E-state index contributed by atoms with van der Waals surface area (Å²) in [6.45, 7) is 4.88. The van der Waals surface area contributed by atoms with E-state index >= 15 is 0 Å². The third-order valence-electron chi connectivity index (χ3n) is 2.54. The molecule has 104 valence electrons. The normalized spacial score (nSPS) is 11.2. The number of carboxylic acid groups (broad SMARTS) is 1. The number of rotatable bonds is 3. The first-order chi connectivity index (χ1) is 8.62. The third-order valence-corrected chi connectivity index (χ3v) is 3.21. The van der Waals surface area contributed by atoms with E-state index in [-0.39, 0.29) is 17.9 Å². The summed E-state index contributed by atoms with van der Waals surface area (Å²) in [5.41, 5.74) is -0.380. The first kappa shape index (κ1) is 15.5. The topological polar surface area (TPSA) is 77.8 Å². The van der Waals surface area contributed by atoms with Crippen molar-refractivity contribution in [2.45, 2.75) is 26.3 Å². The van der Waals surface area contributed by atoms with Crippen molar-refractivity contribution in [3.05, 3.63) is 28.2 Å². The number of hydrogen-bond acceptors (Lipinski definition) is 3. The third kappa shape index (κ3) is 3.96. The lowest BCUT2D eigenvalue weighted by atomic mass is 10.0. The average molecular weight is 330 g/mol. The lowest BCUT2D eigenvalue weighted by Gasteiger charge is -2.34. The molecule has 2 N–H and O–H groups in total. The number of phenolic OH excluding ortho intramolecular Hbond substituents is 1. The molecule has 6 heteroatoms. The van der Waals surface area contributed by atoms with Crippen molar-refractivity contribution in [3.63, 3.8) is 0 Å². The van der Waals surface area contributed by atoms with Crippen LogP contribution in [0, 0.1) is 0 Å². The van der Waals surface area contributed by atoms with Crippen LogP contribution in [0.2, 0.25) is 0 Å². The second kappa shape index (κ2) is 5.61. The van der Waals surface area contributed by atoms with Gasteiger partial charge in [-0.2, -0.15) is 0 Å². The molecule has 0 spiro atoms. The van der Waals surface area contributed by atoms with Gasteiger partial charge in [0.2, 0.25) is 0 Å². The van der Waals surface area contributed by atoms with Gasteiger partial charge in [-0.25, -0.2) is 0 Å². The molecule has 0 saturated heterocycles. The van der Waals surface area contributed by atoms with Gasteiger partial charge in [0.25, 0.3) is 5.91 Å². The van der Waals surface area contributed by atoms with Crippen molar-refractivity contribution in [2.75, 3.05) is 6.54 Å². The summed E-state index contributed by atoms with van der Waals surface area (Å²) in [7, 11) is 0. The molecule has 0 aliphatic carbocycles. The van der Waals surface area contributed by atoms with E-state index in [4.69, 9.17) is 5.11 Å².